The van der Waals surface area contributed by atoms with Crippen molar-refractivity contribution in [2.45, 2.75) is 30.9 Å². The first-order valence-corrected chi connectivity index (χ1v) is 11.9. The van der Waals surface area contributed by atoms with Gasteiger partial charge in [-0.05, 0) is 43.7 Å². The number of hydrogen-bond donors (Lipinski definition) is 2. The third-order valence-corrected chi connectivity index (χ3v) is 6.01. The predicted molar refractivity (Wildman–Crippen MR) is 134 cm³/mol. The Labute approximate surface area is 205 Å². The zero-order valence-electron chi connectivity index (χ0n) is 19.2. The van der Waals surface area contributed by atoms with Gasteiger partial charge in [0, 0.05) is 28.5 Å². The molecule has 0 saturated heterocycles. The molecule has 10 heteroatoms. The maximum Gasteiger partial charge on any atom is 0.323 e. The lowest BCUT2D eigenvalue weighted by molar-refractivity contribution is -0.142. The molecule has 2 N–H and O–H groups in total. The van der Waals surface area contributed by atoms with Crippen molar-refractivity contribution in [3.05, 3.63) is 88.0 Å². The third kappa shape index (κ3) is 6.30. The monoisotopic (exact) mass is 492 g/mol. The average Bonchev–Trinajstić information content (AvgIpc) is 3.21. The van der Waals surface area contributed by atoms with Gasteiger partial charge in [-0.15, -0.1) is 16.3 Å². The van der Waals surface area contributed by atoms with Gasteiger partial charge in [0.2, 0.25) is 0 Å². The van der Waals surface area contributed by atoms with Gasteiger partial charge in [0.15, 0.2) is 5.65 Å². The fraction of sp³-hybridized carbons (Fsp3) is 0.200. The molecule has 9 nitrogen and oxygen atoms in total. The molecule has 0 bridgehead atoms. The van der Waals surface area contributed by atoms with E-state index in [4.69, 9.17) is 9.26 Å². The molecule has 4 rings (SSSR count). The van der Waals surface area contributed by atoms with E-state index in [9.17, 15) is 14.4 Å². The third-order valence-electron chi connectivity index (χ3n) is 4.90. The molecule has 2 amide bonds. The van der Waals surface area contributed by atoms with Crippen molar-refractivity contribution in [1.82, 2.24) is 9.56 Å². The molecule has 0 aliphatic heterocycles. The number of esters is 1. The topological polar surface area (TPSA) is 115 Å². The summed E-state index contributed by atoms with van der Waals surface area (Å²) in [5.41, 5.74) is 2.82. The Morgan fingerprint density at radius 3 is 2.63 bits per heavy atom. The summed E-state index contributed by atoms with van der Waals surface area (Å²) >= 11 is 1.46. The van der Waals surface area contributed by atoms with E-state index in [1.165, 1.54) is 17.8 Å². The molecule has 0 aliphatic rings. The van der Waals surface area contributed by atoms with E-state index in [2.05, 4.69) is 15.6 Å². The summed E-state index contributed by atoms with van der Waals surface area (Å²) in [6.45, 7) is 3.86. The van der Waals surface area contributed by atoms with Crippen LogP contribution in [0.3, 0.4) is 0 Å². The number of fused-ring (bicyclic) bond motifs is 1. The largest absolute Gasteiger partial charge is 0.466 e. The fourth-order valence-corrected chi connectivity index (χ4v) is 4.26. The first-order valence-electron chi connectivity index (χ1n) is 11.0. The highest BCUT2D eigenvalue weighted by atomic mass is 32.2. The van der Waals surface area contributed by atoms with E-state index in [0.29, 0.717) is 40.8 Å². The van der Waals surface area contributed by atoms with Crippen LogP contribution in [0.5, 0.6) is 0 Å². The number of anilines is 2. The Hall–Kier alpha value is -4.05. The molecule has 180 valence electrons. The van der Waals surface area contributed by atoms with Crippen molar-refractivity contribution < 1.29 is 18.8 Å². The van der Waals surface area contributed by atoms with Crippen LogP contribution >= 0.6 is 11.8 Å². The summed E-state index contributed by atoms with van der Waals surface area (Å²) in [5.74, 6) is 0.756. The molecule has 0 saturated carbocycles. The highest BCUT2D eigenvalue weighted by molar-refractivity contribution is 7.98. The molecule has 0 radical (unpaired) electrons. The second-order valence-electron chi connectivity index (χ2n) is 7.63. The normalized spacial score (nSPS) is 10.8. The maximum absolute atomic E-state index is 12.6. The second-order valence-corrected chi connectivity index (χ2v) is 8.64. The molecule has 35 heavy (non-hydrogen) atoms. The second kappa shape index (κ2) is 10.9. The predicted octanol–water partition coefficient (Wildman–Crippen LogP) is 4.64. The maximum atomic E-state index is 12.6. The highest BCUT2D eigenvalue weighted by Crippen LogP contribution is 2.29. The first-order chi connectivity index (χ1) is 16.9. The van der Waals surface area contributed by atoms with Crippen LogP contribution in [0.1, 0.15) is 23.9 Å². The molecule has 2 aromatic heterocycles. The Bertz CT molecular complexity index is 1410. The van der Waals surface area contributed by atoms with Crippen LogP contribution < -0.4 is 16.2 Å². The van der Waals surface area contributed by atoms with E-state index in [1.54, 1.807) is 50.2 Å². The number of aryl methyl sites for hydroxylation is 1. The molecule has 0 spiro atoms. The fourth-order valence-electron chi connectivity index (χ4n) is 3.36. The molecule has 4 aromatic rings. The highest BCUT2D eigenvalue weighted by Gasteiger charge is 2.11. The lowest BCUT2D eigenvalue weighted by Crippen LogP contribution is -2.19. The summed E-state index contributed by atoms with van der Waals surface area (Å²) in [6.07, 6.45) is 0.180. The first kappa shape index (κ1) is 24.1. The number of carbonyl (C=O) groups is 2. The molecule has 0 aliphatic carbocycles. The quantitative estimate of drug-likeness (QED) is 0.272. The van der Waals surface area contributed by atoms with Gasteiger partial charge in [-0.25, -0.2) is 9.78 Å². The van der Waals surface area contributed by atoms with Crippen LogP contribution in [0.4, 0.5) is 16.2 Å². The van der Waals surface area contributed by atoms with Crippen LogP contribution in [-0.2, 0) is 21.7 Å². The number of carbonyl (C=O) groups excluding carboxylic acids is 2. The van der Waals surface area contributed by atoms with E-state index in [0.717, 1.165) is 15.0 Å². The van der Waals surface area contributed by atoms with Gasteiger partial charge in [0.05, 0.1) is 24.4 Å². The van der Waals surface area contributed by atoms with E-state index >= 15 is 0 Å². The Balaban J connectivity index is 1.38. The number of thioether (sulfide) groups is 1. The van der Waals surface area contributed by atoms with Crippen LogP contribution in [0.2, 0.25) is 0 Å². The van der Waals surface area contributed by atoms with Crippen LogP contribution in [0, 0.1) is 6.92 Å². The summed E-state index contributed by atoms with van der Waals surface area (Å²) in [4.78, 5) is 41.7. The minimum atomic E-state index is -0.400. The van der Waals surface area contributed by atoms with E-state index < -0.39 is 6.03 Å². The lowest BCUT2D eigenvalue weighted by Gasteiger charge is -2.12. The van der Waals surface area contributed by atoms with Gasteiger partial charge in [-0.2, -0.15) is 0 Å². The van der Waals surface area contributed by atoms with Gasteiger partial charge in [-0.1, -0.05) is 24.3 Å². The summed E-state index contributed by atoms with van der Waals surface area (Å²) in [7, 11) is 0. The Morgan fingerprint density at radius 1 is 1.09 bits per heavy atom. The van der Waals surface area contributed by atoms with Crippen molar-refractivity contribution in [1.29, 1.82) is 0 Å². The molecule has 0 atom stereocenters. The van der Waals surface area contributed by atoms with E-state index in [1.807, 2.05) is 18.2 Å². The Kier molecular flexibility index (Phi) is 7.51. The number of aromatic nitrogens is 2. The van der Waals surface area contributed by atoms with Crippen LogP contribution in [0.25, 0.3) is 5.65 Å². The smallest absolute Gasteiger partial charge is 0.323 e. The molecule has 2 aromatic carbocycles. The lowest BCUT2D eigenvalue weighted by atomic mass is 10.1. The molecular weight excluding hydrogens is 468 g/mol. The number of rotatable bonds is 8. The molecular formula is C25H24N4O5S. The number of amides is 2. The Morgan fingerprint density at radius 2 is 1.86 bits per heavy atom. The molecule has 0 fully saturated rings. The van der Waals surface area contributed by atoms with Gasteiger partial charge < -0.3 is 19.9 Å². The minimum absolute atomic E-state index is 0.180. The van der Waals surface area contributed by atoms with Gasteiger partial charge >= 0.3 is 12.0 Å². The van der Waals surface area contributed by atoms with Gasteiger partial charge in [-0.3, -0.25) is 9.59 Å². The zero-order chi connectivity index (χ0) is 24.8. The summed E-state index contributed by atoms with van der Waals surface area (Å²) < 4.78 is 11.4. The molecule has 2 heterocycles. The van der Waals surface area contributed by atoms with Crippen LogP contribution in [-0.4, -0.2) is 28.2 Å². The van der Waals surface area contributed by atoms with Crippen molar-refractivity contribution in [2.75, 3.05) is 17.2 Å². The van der Waals surface area contributed by atoms with Gasteiger partial charge in [0.25, 0.3) is 5.56 Å². The average molecular weight is 493 g/mol. The number of hydrogen-bond acceptors (Lipinski definition) is 7. The number of urea groups is 1. The summed E-state index contributed by atoms with van der Waals surface area (Å²) in [6, 6.07) is 17.1. The SMILES string of the molecule is CCOC(=O)Cc1ccc(NC(=O)Nc2ccccc2SCc2cc(=O)n3oc(C)cc3n2)cc1. The number of nitrogens with one attached hydrogen (secondary N) is 2. The van der Waals surface area contributed by atoms with Crippen molar-refractivity contribution in [3.8, 4) is 0 Å². The standard InChI is InChI=1S/C25H24N4O5S/c1-3-33-24(31)13-17-8-10-18(11-9-17)27-25(32)28-20-6-4-5-7-21(20)35-15-19-14-23(30)29-22(26-19)12-16(2)34-29/h4-12,14H,3,13,15H2,1-2H3,(H2,27,28,32). The number of para-hydroxylation sites is 1. The minimum Gasteiger partial charge on any atom is -0.466 e. The van der Waals surface area contributed by atoms with Crippen molar-refractivity contribution >= 4 is 40.8 Å². The van der Waals surface area contributed by atoms with Crippen molar-refractivity contribution in [2.24, 2.45) is 0 Å². The summed E-state index contributed by atoms with van der Waals surface area (Å²) in [5, 5.41) is 5.64. The zero-order valence-corrected chi connectivity index (χ0v) is 20.1. The molecule has 0 unspecified atom stereocenters. The van der Waals surface area contributed by atoms with Crippen LogP contribution in [0.15, 0.2) is 74.9 Å². The van der Waals surface area contributed by atoms with Crippen molar-refractivity contribution in [3.63, 3.8) is 0 Å². The van der Waals surface area contributed by atoms with Gasteiger partial charge in [0.1, 0.15) is 5.76 Å². The van der Waals surface area contributed by atoms with E-state index in [-0.39, 0.29) is 17.9 Å². The number of ether oxygens (including phenoxy) is 1. The number of nitrogens with zero attached hydrogens (tertiary/aromatic N) is 2. The number of benzene rings is 2.